The van der Waals surface area contributed by atoms with Crippen molar-refractivity contribution in [1.29, 1.82) is 0 Å². The highest BCUT2D eigenvalue weighted by molar-refractivity contribution is 6.31. The molecule has 0 bridgehead atoms. The Kier molecular flexibility index (Phi) is 4.17. The predicted molar refractivity (Wildman–Crippen MR) is 79.8 cm³/mol. The summed E-state index contributed by atoms with van der Waals surface area (Å²) in [5.41, 5.74) is 0.674. The van der Waals surface area contributed by atoms with Crippen LogP contribution >= 0.6 is 11.6 Å². The van der Waals surface area contributed by atoms with Crippen molar-refractivity contribution < 1.29 is 9.13 Å². The van der Waals surface area contributed by atoms with Crippen molar-refractivity contribution in [1.82, 2.24) is 9.97 Å². The molecule has 1 N–H and O–H groups in total. The quantitative estimate of drug-likeness (QED) is 0.945. The molecule has 0 aliphatic carbocycles. The van der Waals surface area contributed by atoms with E-state index in [1.54, 1.807) is 6.07 Å². The maximum Gasteiger partial charge on any atom is 0.141 e. The molecule has 0 amide bonds. The number of nitrogens with zero attached hydrogens (tertiary/aromatic N) is 3. The Morgan fingerprint density at radius 3 is 2.76 bits per heavy atom. The SMILES string of the molecule is Fc1ccc(Nc2cc(N3CCOCC3)ncn2)cc1Cl. The summed E-state index contributed by atoms with van der Waals surface area (Å²) in [5.74, 6) is 1.03. The van der Waals surface area contributed by atoms with E-state index < -0.39 is 5.82 Å². The molecule has 2 aromatic rings. The summed E-state index contributed by atoms with van der Waals surface area (Å²) in [6.07, 6.45) is 1.50. The average molecular weight is 309 g/mol. The third-order valence-corrected chi connectivity index (χ3v) is 3.47. The molecular formula is C14H14ClFN4O. The van der Waals surface area contributed by atoms with Gasteiger partial charge in [-0.2, -0.15) is 0 Å². The number of aromatic nitrogens is 2. The molecule has 0 unspecified atom stereocenters. The fourth-order valence-electron chi connectivity index (χ4n) is 2.10. The van der Waals surface area contributed by atoms with Crippen molar-refractivity contribution >= 4 is 28.9 Å². The summed E-state index contributed by atoms with van der Waals surface area (Å²) in [5, 5.41) is 3.16. The molecule has 0 saturated carbocycles. The standard InChI is InChI=1S/C14H14ClFN4O/c15-11-7-10(1-2-12(11)16)19-13-8-14(18-9-17-13)20-3-5-21-6-4-20/h1-2,7-9H,3-6H2,(H,17,18,19). The smallest absolute Gasteiger partial charge is 0.141 e. The van der Waals surface area contributed by atoms with Gasteiger partial charge in [-0.15, -0.1) is 0 Å². The largest absolute Gasteiger partial charge is 0.378 e. The highest BCUT2D eigenvalue weighted by Crippen LogP contribution is 2.23. The maximum absolute atomic E-state index is 13.1. The lowest BCUT2D eigenvalue weighted by Gasteiger charge is -2.27. The molecule has 2 heterocycles. The topological polar surface area (TPSA) is 50.3 Å². The molecule has 3 rings (SSSR count). The second-order valence-corrected chi connectivity index (χ2v) is 5.02. The highest BCUT2D eigenvalue weighted by Gasteiger charge is 2.13. The number of hydrogen-bond donors (Lipinski definition) is 1. The normalized spacial score (nSPS) is 15.0. The van der Waals surface area contributed by atoms with E-state index >= 15 is 0 Å². The molecule has 110 valence electrons. The average Bonchev–Trinajstić information content (AvgIpc) is 2.52. The Bertz CT molecular complexity index is 634. The first-order valence-corrected chi connectivity index (χ1v) is 6.97. The Hall–Kier alpha value is -1.92. The van der Waals surface area contributed by atoms with Gasteiger partial charge in [0.15, 0.2) is 0 Å². The second kappa shape index (κ2) is 6.24. The van der Waals surface area contributed by atoms with Crippen molar-refractivity contribution in [2.75, 3.05) is 36.5 Å². The minimum Gasteiger partial charge on any atom is -0.378 e. The molecule has 0 spiro atoms. The number of ether oxygens (including phenoxy) is 1. The molecule has 0 radical (unpaired) electrons. The van der Waals surface area contributed by atoms with Crippen LogP contribution in [0.15, 0.2) is 30.6 Å². The van der Waals surface area contributed by atoms with Gasteiger partial charge < -0.3 is 15.0 Å². The molecule has 21 heavy (non-hydrogen) atoms. The molecule has 1 aliphatic heterocycles. The van der Waals surface area contributed by atoms with Gasteiger partial charge in [0, 0.05) is 24.8 Å². The summed E-state index contributed by atoms with van der Waals surface area (Å²) < 4.78 is 18.5. The number of morpholine rings is 1. The second-order valence-electron chi connectivity index (χ2n) is 4.61. The van der Waals surface area contributed by atoms with E-state index in [0.29, 0.717) is 24.7 Å². The summed E-state index contributed by atoms with van der Waals surface area (Å²) in [4.78, 5) is 10.6. The van der Waals surface area contributed by atoms with Crippen LogP contribution in [0.1, 0.15) is 0 Å². The van der Waals surface area contributed by atoms with Gasteiger partial charge >= 0.3 is 0 Å². The fraction of sp³-hybridized carbons (Fsp3) is 0.286. The van der Waals surface area contributed by atoms with Crippen molar-refractivity contribution in [2.45, 2.75) is 0 Å². The zero-order chi connectivity index (χ0) is 14.7. The van der Waals surface area contributed by atoms with Crippen LogP contribution in [0.25, 0.3) is 0 Å². The van der Waals surface area contributed by atoms with Crippen molar-refractivity contribution in [3.63, 3.8) is 0 Å². The number of rotatable bonds is 3. The van der Waals surface area contributed by atoms with E-state index in [2.05, 4.69) is 20.2 Å². The van der Waals surface area contributed by atoms with Gasteiger partial charge in [0.25, 0.3) is 0 Å². The van der Waals surface area contributed by atoms with Crippen LogP contribution in [0.2, 0.25) is 5.02 Å². The number of anilines is 3. The molecule has 1 aromatic heterocycles. The first-order valence-electron chi connectivity index (χ1n) is 6.59. The van der Waals surface area contributed by atoms with Crippen LogP contribution < -0.4 is 10.2 Å². The number of benzene rings is 1. The first kappa shape index (κ1) is 14.0. The first-order chi connectivity index (χ1) is 10.2. The van der Waals surface area contributed by atoms with Crippen molar-refractivity contribution in [3.05, 3.63) is 41.4 Å². The van der Waals surface area contributed by atoms with Gasteiger partial charge in [-0.3, -0.25) is 0 Å². The molecule has 1 saturated heterocycles. The van der Waals surface area contributed by atoms with Gasteiger partial charge in [-0.05, 0) is 18.2 Å². The third-order valence-electron chi connectivity index (χ3n) is 3.18. The van der Waals surface area contributed by atoms with Crippen LogP contribution in [0.5, 0.6) is 0 Å². The van der Waals surface area contributed by atoms with E-state index in [1.807, 2.05) is 6.07 Å². The van der Waals surface area contributed by atoms with Crippen molar-refractivity contribution in [2.24, 2.45) is 0 Å². The van der Waals surface area contributed by atoms with Gasteiger partial charge in [0.2, 0.25) is 0 Å². The number of halogens is 2. The molecule has 1 aromatic carbocycles. The predicted octanol–water partition coefficient (Wildman–Crippen LogP) is 2.85. The monoisotopic (exact) mass is 308 g/mol. The molecule has 5 nitrogen and oxygen atoms in total. The molecule has 7 heteroatoms. The molecule has 1 aliphatic rings. The summed E-state index contributed by atoms with van der Waals surface area (Å²) >= 11 is 5.76. The van der Waals surface area contributed by atoms with E-state index in [4.69, 9.17) is 16.3 Å². The summed E-state index contributed by atoms with van der Waals surface area (Å²) in [6.45, 7) is 3.00. The molecular weight excluding hydrogens is 295 g/mol. The zero-order valence-corrected chi connectivity index (χ0v) is 12.0. The van der Waals surface area contributed by atoms with E-state index in [0.717, 1.165) is 18.9 Å². The van der Waals surface area contributed by atoms with E-state index in [-0.39, 0.29) is 5.02 Å². The summed E-state index contributed by atoms with van der Waals surface area (Å²) in [6, 6.07) is 6.29. The highest BCUT2D eigenvalue weighted by atomic mass is 35.5. The van der Waals surface area contributed by atoms with Crippen LogP contribution in [0.3, 0.4) is 0 Å². The van der Waals surface area contributed by atoms with Crippen LogP contribution in [-0.2, 0) is 4.74 Å². The number of hydrogen-bond acceptors (Lipinski definition) is 5. The lowest BCUT2D eigenvalue weighted by molar-refractivity contribution is 0.122. The van der Waals surface area contributed by atoms with Crippen LogP contribution in [-0.4, -0.2) is 36.3 Å². The van der Waals surface area contributed by atoms with E-state index in [9.17, 15) is 4.39 Å². The Morgan fingerprint density at radius 1 is 1.19 bits per heavy atom. The minimum atomic E-state index is -0.445. The van der Waals surface area contributed by atoms with E-state index in [1.165, 1.54) is 18.5 Å². The Balaban J connectivity index is 1.77. The van der Waals surface area contributed by atoms with Gasteiger partial charge in [0.1, 0.15) is 23.8 Å². The summed E-state index contributed by atoms with van der Waals surface area (Å²) in [7, 11) is 0. The Labute approximate surface area is 126 Å². The van der Waals surface area contributed by atoms with Gasteiger partial charge in [-0.25, -0.2) is 14.4 Å². The molecule has 0 atom stereocenters. The Morgan fingerprint density at radius 2 is 2.00 bits per heavy atom. The lowest BCUT2D eigenvalue weighted by Crippen LogP contribution is -2.36. The van der Waals surface area contributed by atoms with Gasteiger partial charge in [-0.1, -0.05) is 11.6 Å². The van der Waals surface area contributed by atoms with Crippen molar-refractivity contribution in [3.8, 4) is 0 Å². The maximum atomic E-state index is 13.1. The van der Waals surface area contributed by atoms with Crippen LogP contribution in [0.4, 0.5) is 21.7 Å². The number of nitrogens with one attached hydrogen (secondary N) is 1. The van der Waals surface area contributed by atoms with Gasteiger partial charge in [0.05, 0.1) is 18.2 Å². The third kappa shape index (κ3) is 3.40. The zero-order valence-electron chi connectivity index (χ0n) is 11.2. The minimum absolute atomic E-state index is 0.0717. The van der Waals surface area contributed by atoms with Crippen LogP contribution in [0, 0.1) is 5.82 Å². The lowest BCUT2D eigenvalue weighted by atomic mass is 10.3. The molecule has 1 fully saturated rings. The fourth-order valence-corrected chi connectivity index (χ4v) is 2.28.